The van der Waals surface area contributed by atoms with Crippen LogP contribution in [0, 0.1) is 23.7 Å². The van der Waals surface area contributed by atoms with Gasteiger partial charge in [-0.3, -0.25) is 0 Å². The Morgan fingerprint density at radius 3 is 2.25 bits per heavy atom. The molecule has 0 saturated heterocycles. The minimum atomic E-state index is -0.228. The molecule has 6 atom stereocenters. The predicted octanol–water partition coefficient (Wildman–Crippen LogP) is 3.95. The number of nitrogens with zero attached hydrogens (tertiary/aromatic N) is 1. The molecule has 2 saturated carbocycles. The van der Waals surface area contributed by atoms with Gasteiger partial charge in [0.15, 0.2) is 0 Å². The lowest BCUT2D eigenvalue weighted by Gasteiger charge is -2.24. The average molecular weight is 331 g/mol. The minimum absolute atomic E-state index is 0.0256. The van der Waals surface area contributed by atoms with Crippen LogP contribution in [0.25, 0.3) is 0 Å². The van der Waals surface area contributed by atoms with Crippen molar-refractivity contribution in [3.63, 3.8) is 0 Å². The van der Waals surface area contributed by atoms with Crippen molar-refractivity contribution in [1.29, 1.82) is 0 Å². The monoisotopic (exact) mass is 331 g/mol. The van der Waals surface area contributed by atoms with Gasteiger partial charge in [-0.25, -0.2) is 4.79 Å². The van der Waals surface area contributed by atoms with E-state index < -0.39 is 0 Å². The highest BCUT2D eigenvalue weighted by Crippen LogP contribution is 2.51. The fourth-order valence-corrected chi connectivity index (χ4v) is 4.56. The molecule has 0 heterocycles. The van der Waals surface area contributed by atoms with Gasteiger partial charge < -0.3 is 14.4 Å². The van der Waals surface area contributed by atoms with E-state index in [4.69, 9.17) is 9.47 Å². The zero-order valence-electron chi connectivity index (χ0n) is 15.1. The van der Waals surface area contributed by atoms with Crippen molar-refractivity contribution in [1.82, 2.24) is 4.90 Å². The summed E-state index contributed by atoms with van der Waals surface area (Å²) in [6, 6.07) is 10.3. The lowest BCUT2D eigenvalue weighted by molar-refractivity contribution is -0.0116. The third-order valence-corrected chi connectivity index (χ3v) is 5.69. The van der Waals surface area contributed by atoms with Crippen LogP contribution in [0.15, 0.2) is 30.3 Å². The molecule has 1 aromatic rings. The van der Waals surface area contributed by atoms with E-state index in [1.54, 1.807) is 14.1 Å². The second-order valence-corrected chi connectivity index (χ2v) is 7.76. The molecule has 24 heavy (non-hydrogen) atoms. The molecule has 132 valence electrons. The first-order valence-corrected chi connectivity index (χ1v) is 9.00. The van der Waals surface area contributed by atoms with Crippen LogP contribution in [0.5, 0.6) is 0 Å². The summed E-state index contributed by atoms with van der Waals surface area (Å²) in [4.78, 5) is 13.5. The molecule has 0 bridgehead atoms. The summed E-state index contributed by atoms with van der Waals surface area (Å²) in [7, 11) is 3.48. The maximum Gasteiger partial charge on any atom is 0.409 e. The Kier molecular flexibility index (Phi) is 5.14. The highest BCUT2D eigenvalue weighted by atomic mass is 16.6. The van der Waals surface area contributed by atoms with Crippen molar-refractivity contribution in [2.24, 2.45) is 23.7 Å². The lowest BCUT2D eigenvalue weighted by Crippen LogP contribution is -2.33. The molecule has 3 rings (SSSR count). The molecule has 0 spiro atoms. The van der Waals surface area contributed by atoms with Gasteiger partial charge in [-0.15, -0.1) is 0 Å². The van der Waals surface area contributed by atoms with Crippen LogP contribution < -0.4 is 0 Å². The Hall–Kier alpha value is -1.55. The van der Waals surface area contributed by atoms with Gasteiger partial charge in [0.2, 0.25) is 0 Å². The topological polar surface area (TPSA) is 38.8 Å². The quantitative estimate of drug-likeness (QED) is 0.838. The third-order valence-electron chi connectivity index (χ3n) is 5.69. The Morgan fingerprint density at radius 2 is 1.62 bits per heavy atom. The summed E-state index contributed by atoms with van der Waals surface area (Å²) in [6.07, 6.45) is 2.23. The lowest BCUT2D eigenvalue weighted by atomic mass is 9.97. The fourth-order valence-electron chi connectivity index (χ4n) is 4.56. The van der Waals surface area contributed by atoms with E-state index in [2.05, 4.69) is 26.0 Å². The second-order valence-electron chi connectivity index (χ2n) is 7.76. The van der Waals surface area contributed by atoms with Gasteiger partial charge in [0.05, 0.1) is 12.7 Å². The van der Waals surface area contributed by atoms with Gasteiger partial charge in [0.1, 0.15) is 6.10 Å². The number of fused-ring (bicyclic) bond motifs is 1. The minimum Gasteiger partial charge on any atom is -0.446 e. The Labute approximate surface area is 145 Å². The van der Waals surface area contributed by atoms with Crippen molar-refractivity contribution >= 4 is 6.09 Å². The number of ether oxygens (including phenoxy) is 2. The average Bonchev–Trinajstić information content (AvgIpc) is 3.01. The Morgan fingerprint density at radius 1 is 1.04 bits per heavy atom. The van der Waals surface area contributed by atoms with Crippen LogP contribution >= 0.6 is 0 Å². The number of amides is 1. The van der Waals surface area contributed by atoms with Gasteiger partial charge in [-0.1, -0.05) is 44.2 Å². The number of hydrogen-bond acceptors (Lipinski definition) is 3. The largest absolute Gasteiger partial charge is 0.446 e. The normalized spacial score (nSPS) is 34.8. The number of benzene rings is 1. The van der Waals surface area contributed by atoms with Crippen molar-refractivity contribution in [3.05, 3.63) is 35.9 Å². The SMILES string of the molecule is C[C@@H]1C[C@@H]2[C@@H](C[C@H](C)[C@H]2OCc2ccccc2)[C@H]1OC(=O)N(C)C. The molecule has 4 nitrogen and oxygen atoms in total. The van der Waals surface area contributed by atoms with E-state index in [0.29, 0.717) is 30.3 Å². The van der Waals surface area contributed by atoms with Crippen molar-refractivity contribution < 1.29 is 14.3 Å². The van der Waals surface area contributed by atoms with Crippen molar-refractivity contribution in [2.45, 2.75) is 45.5 Å². The summed E-state index contributed by atoms with van der Waals surface area (Å²) in [5, 5.41) is 0. The summed E-state index contributed by atoms with van der Waals surface area (Å²) < 4.78 is 12.1. The predicted molar refractivity (Wildman–Crippen MR) is 93.5 cm³/mol. The first-order valence-electron chi connectivity index (χ1n) is 9.00. The van der Waals surface area contributed by atoms with E-state index >= 15 is 0 Å². The molecular weight excluding hydrogens is 302 g/mol. The molecule has 0 radical (unpaired) electrons. The zero-order chi connectivity index (χ0) is 17.3. The van der Waals surface area contributed by atoms with E-state index in [1.165, 1.54) is 10.5 Å². The first kappa shape index (κ1) is 17.3. The first-order chi connectivity index (χ1) is 11.5. The van der Waals surface area contributed by atoms with Crippen molar-refractivity contribution in [2.75, 3.05) is 14.1 Å². The second kappa shape index (κ2) is 7.14. The molecular formula is C20H29NO3. The van der Waals surface area contributed by atoms with Crippen LogP contribution in [0.3, 0.4) is 0 Å². The third kappa shape index (κ3) is 3.44. The highest BCUT2D eigenvalue weighted by molar-refractivity contribution is 5.67. The molecule has 2 fully saturated rings. The van der Waals surface area contributed by atoms with E-state index in [1.807, 2.05) is 18.2 Å². The molecule has 0 aromatic heterocycles. The Balaban J connectivity index is 1.64. The van der Waals surface area contributed by atoms with Crippen molar-refractivity contribution in [3.8, 4) is 0 Å². The zero-order valence-corrected chi connectivity index (χ0v) is 15.1. The van der Waals surface area contributed by atoms with Crippen LogP contribution in [-0.2, 0) is 16.1 Å². The van der Waals surface area contributed by atoms with Gasteiger partial charge in [0.25, 0.3) is 0 Å². The summed E-state index contributed by atoms with van der Waals surface area (Å²) >= 11 is 0. The number of hydrogen-bond donors (Lipinski definition) is 0. The molecule has 0 unspecified atom stereocenters. The summed E-state index contributed by atoms with van der Waals surface area (Å²) in [5.74, 6) is 1.84. The number of rotatable bonds is 4. The summed E-state index contributed by atoms with van der Waals surface area (Å²) in [6.45, 7) is 5.13. The molecule has 2 aliphatic rings. The van der Waals surface area contributed by atoms with Gasteiger partial charge in [0, 0.05) is 20.0 Å². The van der Waals surface area contributed by atoms with Crippen LogP contribution in [0.1, 0.15) is 32.3 Å². The van der Waals surface area contributed by atoms with E-state index in [9.17, 15) is 4.79 Å². The number of carbonyl (C=O) groups is 1. The van der Waals surface area contributed by atoms with Gasteiger partial charge in [-0.05, 0) is 36.2 Å². The number of carbonyl (C=O) groups excluding carboxylic acids is 1. The fraction of sp³-hybridized carbons (Fsp3) is 0.650. The smallest absolute Gasteiger partial charge is 0.409 e. The van der Waals surface area contributed by atoms with Crippen LogP contribution in [0.4, 0.5) is 4.79 Å². The van der Waals surface area contributed by atoms with E-state index in [0.717, 1.165) is 12.8 Å². The molecule has 0 aliphatic heterocycles. The van der Waals surface area contributed by atoms with E-state index in [-0.39, 0.29) is 18.3 Å². The highest BCUT2D eigenvalue weighted by Gasteiger charge is 2.53. The Bertz CT molecular complexity index is 559. The molecule has 1 aromatic carbocycles. The molecule has 2 aliphatic carbocycles. The molecule has 1 amide bonds. The summed E-state index contributed by atoms with van der Waals surface area (Å²) in [5.41, 5.74) is 1.22. The van der Waals surface area contributed by atoms with Gasteiger partial charge >= 0.3 is 6.09 Å². The maximum atomic E-state index is 12.0. The molecule has 0 N–H and O–H groups in total. The van der Waals surface area contributed by atoms with Gasteiger partial charge in [-0.2, -0.15) is 0 Å². The van der Waals surface area contributed by atoms with Crippen LogP contribution in [-0.4, -0.2) is 37.3 Å². The molecule has 4 heteroatoms. The van der Waals surface area contributed by atoms with Crippen LogP contribution in [0.2, 0.25) is 0 Å². The maximum absolute atomic E-state index is 12.0. The standard InChI is InChI=1S/C20H29NO3/c1-13-10-17-16(11-14(2)19(17)24-20(22)21(3)4)18(13)23-12-15-8-6-5-7-9-15/h5-9,13-14,16-19H,10-12H2,1-4H3/t13-,14+,16+,17+,18+,19-/m0/s1.